The molecular weight excluding hydrogens is 401 g/mol. The molecule has 5 nitrogen and oxygen atoms in total. The Labute approximate surface area is 178 Å². The second-order valence-electron chi connectivity index (χ2n) is 7.37. The summed E-state index contributed by atoms with van der Waals surface area (Å²) in [5.74, 6) is -1.04. The van der Waals surface area contributed by atoms with Crippen molar-refractivity contribution in [2.75, 3.05) is 13.1 Å². The molecule has 1 saturated heterocycles. The number of hydrogen-bond donors (Lipinski definition) is 1. The van der Waals surface area contributed by atoms with Gasteiger partial charge in [0.25, 0.3) is 11.8 Å². The van der Waals surface area contributed by atoms with Crippen LogP contribution in [0.4, 0.5) is 4.39 Å². The summed E-state index contributed by atoms with van der Waals surface area (Å²) in [6.07, 6.45) is 1.25. The van der Waals surface area contributed by atoms with Crippen LogP contribution in [-0.2, 0) is 0 Å². The van der Waals surface area contributed by atoms with E-state index < -0.39 is 11.7 Å². The molecule has 7 heteroatoms. The molecule has 0 bridgehead atoms. The lowest BCUT2D eigenvalue weighted by Crippen LogP contribution is -2.46. The van der Waals surface area contributed by atoms with Crippen LogP contribution in [0.5, 0.6) is 0 Å². The molecule has 4 rings (SSSR count). The number of carbonyl (C=O) groups excluding carboxylic acids is 2. The fourth-order valence-corrected chi connectivity index (χ4v) is 4.49. The van der Waals surface area contributed by atoms with E-state index >= 15 is 0 Å². The van der Waals surface area contributed by atoms with E-state index in [0.717, 1.165) is 16.1 Å². The van der Waals surface area contributed by atoms with E-state index in [0.29, 0.717) is 31.6 Å². The molecule has 0 saturated carbocycles. The molecular formula is C23H22FN3O2S. The summed E-state index contributed by atoms with van der Waals surface area (Å²) in [4.78, 5) is 31.5. The highest BCUT2D eigenvalue weighted by atomic mass is 32.1. The number of likely N-dealkylation sites (tertiary alicyclic amines) is 1. The van der Waals surface area contributed by atoms with Gasteiger partial charge < -0.3 is 10.2 Å². The maximum absolute atomic E-state index is 13.8. The Morgan fingerprint density at radius 3 is 2.53 bits per heavy atom. The molecule has 0 aliphatic carbocycles. The number of benzene rings is 2. The van der Waals surface area contributed by atoms with Gasteiger partial charge in [-0.15, -0.1) is 11.3 Å². The molecule has 1 aliphatic heterocycles. The van der Waals surface area contributed by atoms with Gasteiger partial charge >= 0.3 is 0 Å². The molecule has 0 spiro atoms. The molecule has 1 aliphatic rings. The van der Waals surface area contributed by atoms with E-state index in [-0.39, 0.29) is 17.5 Å². The molecule has 0 radical (unpaired) electrons. The Bertz CT molecular complexity index is 1070. The van der Waals surface area contributed by atoms with Crippen LogP contribution in [-0.4, -0.2) is 40.8 Å². The second kappa shape index (κ2) is 8.75. The van der Waals surface area contributed by atoms with Gasteiger partial charge in [0.2, 0.25) is 0 Å². The predicted octanol–water partition coefficient (Wildman–Crippen LogP) is 4.29. The highest BCUT2D eigenvalue weighted by molar-refractivity contribution is 7.13. The zero-order chi connectivity index (χ0) is 21.1. The first-order valence-electron chi connectivity index (χ1n) is 9.89. The second-order valence-corrected chi connectivity index (χ2v) is 8.23. The molecule has 0 atom stereocenters. The van der Waals surface area contributed by atoms with Crippen LogP contribution < -0.4 is 5.32 Å². The average molecular weight is 424 g/mol. The van der Waals surface area contributed by atoms with E-state index in [2.05, 4.69) is 10.3 Å². The van der Waals surface area contributed by atoms with Crippen molar-refractivity contribution in [3.8, 4) is 10.6 Å². The van der Waals surface area contributed by atoms with Gasteiger partial charge in [0.05, 0.1) is 5.56 Å². The summed E-state index contributed by atoms with van der Waals surface area (Å²) in [5, 5.41) is 5.51. The number of hydrogen-bond acceptors (Lipinski definition) is 4. The minimum Gasteiger partial charge on any atom is -0.349 e. The zero-order valence-corrected chi connectivity index (χ0v) is 17.4. The van der Waals surface area contributed by atoms with Gasteiger partial charge in [-0.2, -0.15) is 0 Å². The molecule has 154 valence electrons. The Balaban J connectivity index is 1.35. The molecule has 1 aromatic heterocycles. The first-order chi connectivity index (χ1) is 14.5. The number of halogens is 1. The quantitative estimate of drug-likeness (QED) is 0.681. The third-order valence-electron chi connectivity index (χ3n) is 5.33. The Hall–Kier alpha value is -3.06. The van der Waals surface area contributed by atoms with E-state index in [1.165, 1.54) is 23.5 Å². The number of piperidine rings is 1. The lowest BCUT2D eigenvalue weighted by Gasteiger charge is -2.32. The van der Waals surface area contributed by atoms with Crippen molar-refractivity contribution >= 4 is 23.2 Å². The van der Waals surface area contributed by atoms with Gasteiger partial charge in [-0.05, 0) is 37.5 Å². The maximum Gasteiger partial charge on any atom is 0.273 e. The smallest absolute Gasteiger partial charge is 0.273 e. The summed E-state index contributed by atoms with van der Waals surface area (Å²) in [5.41, 5.74) is 2.66. The third-order valence-corrected chi connectivity index (χ3v) is 6.21. The minimum absolute atomic E-state index is 0.0437. The molecule has 1 N–H and O–H groups in total. The van der Waals surface area contributed by atoms with Crippen LogP contribution >= 0.6 is 11.3 Å². The van der Waals surface area contributed by atoms with Crippen LogP contribution in [0.2, 0.25) is 0 Å². The van der Waals surface area contributed by atoms with Gasteiger partial charge in [-0.3, -0.25) is 9.59 Å². The first kappa shape index (κ1) is 20.2. The number of amides is 2. The summed E-state index contributed by atoms with van der Waals surface area (Å²) in [6, 6.07) is 13.8. The number of nitrogens with zero attached hydrogens (tertiary/aromatic N) is 2. The van der Waals surface area contributed by atoms with Crippen LogP contribution in [0.3, 0.4) is 0 Å². The zero-order valence-electron chi connectivity index (χ0n) is 16.6. The van der Waals surface area contributed by atoms with Crippen LogP contribution in [0.15, 0.2) is 53.9 Å². The highest BCUT2D eigenvalue weighted by Crippen LogP contribution is 2.27. The summed E-state index contributed by atoms with van der Waals surface area (Å²) < 4.78 is 13.8. The number of thiazole rings is 1. The largest absolute Gasteiger partial charge is 0.349 e. The highest BCUT2D eigenvalue weighted by Gasteiger charge is 2.26. The van der Waals surface area contributed by atoms with Crippen LogP contribution in [0.1, 0.15) is 39.3 Å². The van der Waals surface area contributed by atoms with Gasteiger partial charge in [-0.25, -0.2) is 9.37 Å². The summed E-state index contributed by atoms with van der Waals surface area (Å²) in [6.45, 7) is 3.08. The SMILES string of the molecule is Cc1ccccc1-c1nc(C(=O)N2CCC(NC(=O)c3ccccc3F)CC2)cs1. The standard InChI is InChI=1S/C23H22FN3O2S/c1-15-6-2-3-7-17(15)22-26-20(14-30-22)23(29)27-12-10-16(11-13-27)25-21(28)18-8-4-5-9-19(18)24/h2-9,14,16H,10-13H2,1H3,(H,25,28). The van der Waals surface area contributed by atoms with E-state index in [4.69, 9.17) is 0 Å². The Morgan fingerprint density at radius 1 is 1.10 bits per heavy atom. The van der Waals surface area contributed by atoms with Crippen molar-refractivity contribution < 1.29 is 14.0 Å². The fourth-order valence-electron chi connectivity index (χ4n) is 3.61. The number of rotatable bonds is 4. The number of aryl methyl sites for hydroxylation is 1. The monoisotopic (exact) mass is 423 g/mol. The molecule has 2 aromatic carbocycles. The summed E-state index contributed by atoms with van der Waals surface area (Å²) in [7, 11) is 0. The van der Waals surface area contributed by atoms with Crippen molar-refractivity contribution in [2.45, 2.75) is 25.8 Å². The Kier molecular flexibility index (Phi) is 5.90. The predicted molar refractivity (Wildman–Crippen MR) is 115 cm³/mol. The van der Waals surface area contributed by atoms with Crippen molar-refractivity contribution in [2.24, 2.45) is 0 Å². The topological polar surface area (TPSA) is 62.3 Å². The molecule has 2 heterocycles. The van der Waals surface area contributed by atoms with Crippen molar-refractivity contribution in [3.63, 3.8) is 0 Å². The third kappa shape index (κ3) is 4.26. The normalized spacial score (nSPS) is 14.5. The van der Waals surface area contributed by atoms with Crippen molar-refractivity contribution in [1.29, 1.82) is 0 Å². The van der Waals surface area contributed by atoms with Crippen molar-refractivity contribution in [3.05, 3.63) is 76.5 Å². The number of nitrogens with one attached hydrogen (secondary N) is 1. The summed E-state index contributed by atoms with van der Waals surface area (Å²) >= 11 is 1.47. The lowest BCUT2D eigenvalue weighted by atomic mass is 10.0. The van der Waals surface area contributed by atoms with E-state index in [1.54, 1.807) is 22.4 Å². The average Bonchev–Trinajstić information content (AvgIpc) is 3.24. The molecule has 2 amide bonds. The number of carbonyl (C=O) groups is 2. The van der Waals surface area contributed by atoms with Gasteiger partial charge in [-0.1, -0.05) is 36.4 Å². The fraction of sp³-hybridized carbons (Fsp3) is 0.261. The minimum atomic E-state index is -0.532. The van der Waals surface area contributed by atoms with E-state index in [1.807, 2.05) is 31.2 Å². The molecule has 1 fully saturated rings. The van der Waals surface area contributed by atoms with Crippen LogP contribution in [0, 0.1) is 12.7 Å². The Morgan fingerprint density at radius 2 is 1.80 bits per heavy atom. The number of aromatic nitrogens is 1. The van der Waals surface area contributed by atoms with Gasteiger partial charge in [0, 0.05) is 30.1 Å². The molecule has 30 heavy (non-hydrogen) atoms. The molecule has 3 aromatic rings. The molecule has 0 unspecified atom stereocenters. The first-order valence-corrected chi connectivity index (χ1v) is 10.8. The van der Waals surface area contributed by atoms with Crippen LogP contribution in [0.25, 0.3) is 10.6 Å². The van der Waals surface area contributed by atoms with Gasteiger partial charge in [0.15, 0.2) is 0 Å². The maximum atomic E-state index is 13.8. The van der Waals surface area contributed by atoms with Crippen molar-refractivity contribution in [1.82, 2.24) is 15.2 Å². The lowest BCUT2D eigenvalue weighted by molar-refractivity contribution is 0.0693. The van der Waals surface area contributed by atoms with Gasteiger partial charge in [0.1, 0.15) is 16.5 Å². The van der Waals surface area contributed by atoms with E-state index in [9.17, 15) is 14.0 Å².